The van der Waals surface area contributed by atoms with E-state index in [1.165, 1.54) is 0 Å². The normalized spacial score (nSPS) is 13.0. The molecule has 5 N–H and O–H groups in total. The van der Waals surface area contributed by atoms with Gasteiger partial charge in [-0.1, -0.05) is 18.2 Å². The Morgan fingerprint density at radius 2 is 2.00 bits per heavy atom. The molecule has 1 aromatic carbocycles. The van der Waals surface area contributed by atoms with Crippen LogP contribution in [0.15, 0.2) is 42.6 Å². The number of hydrogen-bond acceptors (Lipinski definition) is 2. The van der Waals surface area contributed by atoms with Crippen molar-refractivity contribution < 1.29 is 5.11 Å². The Bertz CT molecular complexity index is 655. The lowest BCUT2D eigenvalue weighted by Crippen LogP contribution is -2.12. The second kappa shape index (κ2) is 4.33. The number of para-hydroxylation sites is 1. The fourth-order valence-electron chi connectivity index (χ4n) is 2.33. The van der Waals surface area contributed by atoms with Crippen LogP contribution in [0.5, 0.6) is 0 Å². The zero-order chi connectivity index (χ0) is 12.5. The van der Waals surface area contributed by atoms with Crippen LogP contribution in [0.2, 0.25) is 0 Å². The summed E-state index contributed by atoms with van der Waals surface area (Å²) in [6.07, 6.45) is 1.19. The summed E-state index contributed by atoms with van der Waals surface area (Å²) in [5, 5.41) is 11.2. The number of aromatic amines is 2. The highest BCUT2D eigenvalue weighted by atomic mass is 16.3. The highest BCUT2D eigenvalue weighted by molar-refractivity contribution is 5.90. The predicted molar refractivity (Wildman–Crippen MR) is 72.1 cm³/mol. The Labute approximate surface area is 104 Å². The molecule has 0 spiro atoms. The van der Waals surface area contributed by atoms with E-state index < -0.39 is 6.10 Å². The minimum absolute atomic E-state index is 0.204. The SMILES string of the molecule is NCC(O)c1c(-c2ccc[nH]2)[nH]c2ccccc12. The monoisotopic (exact) mass is 241 g/mol. The highest BCUT2D eigenvalue weighted by Gasteiger charge is 2.18. The van der Waals surface area contributed by atoms with E-state index in [1.54, 1.807) is 0 Å². The van der Waals surface area contributed by atoms with Crippen LogP contribution in [0.4, 0.5) is 0 Å². The quantitative estimate of drug-likeness (QED) is 0.567. The Kier molecular flexibility index (Phi) is 2.66. The molecular weight excluding hydrogens is 226 g/mol. The van der Waals surface area contributed by atoms with E-state index >= 15 is 0 Å². The van der Waals surface area contributed by atoms with Crippen molar-refractivity contribution >= 4 is 10.9 Å². The van der Waals surface area contributed by atoms with Crippen LogP contribution in [-0.2, 0) is 0 Å². The number of rotatable bonds is 3. The van der Waals surface area contributed by atoms with Gasteiger partial charge in [-0.25, -0.2) is 0 Å². The molecule has 92 valence electrons. The van der Waals surface area contributed by atoms with Crippen molar-refractivity contribution in [3.63, 3.8) is 0 Å². The molecule has 3 rings (SSSR count). The number of benzene rings is 1. The number of aromatic nitrogens is 2. The van der Waals surface area contributed by atoms with E-state index in [9.17, 15) is 5.11 Å². The summed E-state index contributed by atoms with van der Waals surface area (Å²) in [5.41, 5.74) is 9.32. The van der Waals surface area contributed by atoms with Gasteiger partial charge in [0, 0.05) is 29.2 Å². The summed E-state index contributed by atoms with van der Waals surface area (Å²) in [4.78, 5) is 6.49. The standard InChI is InChI=1S/C14H15N3O/c15-8-12(18)13-9-4-1-2-5-10(9)17-14(13)11-6-3-7-16-11/h1-7,12,16-18H,8,15H2. The second-order valence-corrected chi connectivity index (χ2v) is 4.29. The van der Waals surface area contributed by atoms with Crippen LogP contribution in [-0.4, -0.2) is 21.6 Å². The van der Waals surface area contributed by atoms with E-state index in [0.29, 0.717) is 0 Å². The van der Waals surface area contributed by atoms with Crippen molar-refractivity contribution in [3.8, 4) is 11.4 Å². The van der Waals surface area contributed by atoms with Crippen molar-refractivity contribution in [2.75, 3.05) is 6.54 Å². The van der Waals surface area contributed by atoms with Gasteiger partial charge in [-0.15, -0.1) is 0 Å². The number of H-pyrrole nitrogens is 2. The molecule has 0 bridgehead atoms. The van der Waals surface area contributed by atoms with E-state index in [2.05, 4.69) is 9.97 Å². The lowest BCUT2D eigenvalue weighted by molar-refractivity contribution is 0.189. The molecule has 0 aliphatic heterocycles. The second-order valence-electron chi connectivity index (χ2n) is 4.29. The average molecular weight is 241 g/mol. The van der Waals surface area contributed by atoms with Gasteiger partial charge in [0.1, 0.15) is 0 Å². The molecule has 2 heterocycles. The Balaban J connectivity index is 2.30. The zero-order valence-electron chi connectivity index (χ0n) is 9.85. The van der Waals surface area contributed by atoms with Crippen molar-refractivity contribution in [1.82, 2.24) is 9.97 Å². The predicted octanol–water partition coefficient (Wildman–Crippen LogP) is 2.16. The van der Waals surface area contributed by atoms with Crippen LogP contribution < -0.4 is 5.73 Å². The van der Waals surface area contributed by atoms with Crippen LogP contribution in [0, 0.1) is 0 Å². The molecule has 0 aliphatic carbocycles. The van der Waals surface area contributed by atoms with Gasteiger partial charge in [0.25, 0.3) is 0 Å². The third kappa shape index (κ3) is 1.63. The van der Waals surface area contributed by atoms with Crippen molar-refractivity contribution in [1.29, 1.82) is 0 Å². The molecule has 0 aliphatic rings. The molecule has 3 aromatic rings. The maximum absolute atomic E-state index is 10.1. The zero-order valence-corrected chi connectivity index (χ0v) is 9.85. The maximum Gasteiger partial charge on any atom is 0.0939 e. The van der Waals surface area contributed by atoms with Gasteiger partial charge >= 0.3 is 0 Å². The molecule has 0 amide bonds. The van der Waals surface area contributed by atoms with Gasteiger partial charge in [-0.3, -0.25) is 0 Å². The Morgan fingerprint density at radius 1 is 1.17 bits per heavy atom. The first-order chi connectivity index (χ1) is 8.81. The van der Waals surface area contributed by atoms with Crippen LogP contribution >= 0.6 is 0 Å². The van der Waals surface area contributed by atoms with E-state index in [0.717, 1.165) is 27.9 Å². The molecule has 2 aromatic heterocycles. The third-order valence-corrected chi connectivity index (χ3v) is 3.17. The van der Waals surface area contributed by atoms with Gasteiger partial charge in [0.15, 0.2) is 0 Å². The first-order valence-corrected chi connectivity index (χ1v) is 5.93. The minimum atomic E-state index is -0.667. The number of fused-ring (bicyclic) bond motifs is 1. The van der Waals surface area contributed by atoms with Gasteiger partial charge in [0.05, 0.1) is 17.5 Å². The van der Waals surface area contributed by atoms with Gasteiger partial charge in [-0.2, -0.15) is 0 Å². The first-order valence-electron chi connectivity index (χ1n) is 5.93. The van der Waals surface area contributed by atoms with E-state index in [4.69, 9.17) is 5.73 Å². The Hall–Kier alpha value is -2.04. The van der Waals surface area contributed by atoms with Crippen LogP contribution in [0.25, 0.3) is 22.3 Å². The molecule has 4 heteroatoms. The third-order valence-electron chi connectivity index (χ3n) is 3.17. The number of aliphatic hydroxyl groups is 1. The molecule has 0 radical (unpaired) electrons. The molecule has 0 saturated heterocycles. The molecule has 18 heavy (non-hydrogen) atoms. The summed E-state index contributed by atoms with van der Waals surface area (Å²) in [6, 6.07) is 11.8. The molecule has 1 unspecified atom stereocenters. The number of nitrogens with two attached hydrogens (primary N) is 1. The first kappa shape index (κ1) is 11.1. The van der Waals surface area contributed by atoms with Gasteiger partial charge in [-0.05, 0) is 18.2 Å². The van der Waals surface area contributed by atoms with Crippen LogP contribution in [0.1, 0.15) is 11.7 Å². The summed E-state index contributed by atoms with van der Waals surface area (Å²) >= 11 is 0. The molecule has 1 atom stereocenters. The number of aliphatic hydroxyl groups excluding tert-OH is 1. The Morgan fingerprint density at radius 3 is 2.72 bits per heavy atom. The lowest BCUT2D eigenvalue weighted by Gasteiger charge is -2.09. The summed E-state index contributed by atoms with van der Waals surface area (Å²) in [6.45, 7) is 0.204. The lowest BCUT2D eigenvalue weighted by atomic mass is 10.0. The topological polar surface area (TPSA) is 77.8 Å². The van der Waals surface area contributed by atoms with Crippen molar-refractivity contribution in [2.45, 2.75) is 6.10 Å². The molecule has 0 fully saturated rings. The largest absolute Gasteiger partial charge is 0.387 e. The average Bonchev–Trinajstić information content (AvgIpc) is 3.04. The number of hydrogen-bond donors (Lipinski definition) is 4. The summed E-state index contributed by atoms with van der Waals surface area (Å²) in [7, 11) is 0. The van der Waals surface area contributed by atoms with Gasteiger partial charge in [0.2, 0.25) is 0 Å². The van der Waals surface area contributed by atoms with Gasteiger partial charge < -0.3 is 20.8 Å². The summed E-state index contributed by atoms with van der Waals surface area (Å²) < 4.78 is 0. The molecular formula is C14H15N3O. The molecule has 0 saturated carbocycles. The fourth-order valence-corrected chi connectivity index (χ4v) is 2.33. The van der Waals surface area contributed by atoms with E-state index in [-0.39, 0.29) is 6.54 Å². The highest BCUT2D eigenvalue weighted by Crippen LogP contribution is 2.33. The van der Waals surface area contributed by atoms with Crippen LogP contribution in [0.3, 0.4) is 0 Å². The fraction of sp³-hybridized carbons (Fsp3) is 0.143. The number of nitrogens with one attached hydrogen (secondary N) is 2. The van der Waals surface area contributed by atoms with E-state index in [1.807, 2.05) is 42.6 Å². The minimum Gasteiger partial charge on any atom is -0.387 e. The smallest absolute Gasteiger partial charge is 0.0939 e. The maximum atomic E-state index is 10.1. The van der Waals surface area contributed by atoms with Crippen molar-refractivity contribution in [2.24, 2.45) is 5.73 Å². The summed E-state index contributed by atoms with van der Waals surface area (Å²) in [5.74, 6) is 0. The van der Waals surface area contributed by atoms with Crippen molar-refractivity contribution in [3.05, 3.63) is 48.2 Å². The molecule has 4 nitrogen and oxygen atoms in total.